The van der Waals surface area contributed by atoms with Crippen molar-refractivity contribution in [2.75, 3.05) is 25.1 Å². The van der Waals surface area contributed by atoms with Gasteiger partial charge in [0.1, 0.15) is 0 Å². The third kappa shape index (κ3) is 3.20. The van der Waals surface area contributed by atoms with E-state index in [1.807, 2.05) is 24.4 Å². The first-order chi connectivity index (χ1) is 10.7. The van der Waals surface area contributed by atoms with E-state index >= 15 is 0 Å². The summed E-state index contributed by atoms with van der Waals surface area (Å²) in [5.74, 6) is -0.242. The molecule has 3 rings (SSSR count). The molecule has 0 spiro atoms. The zero-order valence-corrected chi connectivity index (χ0v) is 12.7. The number of benzene rings is 1. The second-order valence-corrected chi connectivity index (χ2v) is 5.69. The number of methoxy groups -OCH3 is 1. The number of carbonyl (C=O) groups is 1. The molecule has 0 unspecified atom stereocenters. The van der Waals surface area contributed by atoms with Gasteiger partial charge in [-0.3, -0.25) is 9.78 Å². The summed E-state index contributed by atoms with van der Waals surface area (Å²) in [6.07, 6.45) is 3.55. The molecule has 1 fully saturated rings. The van der Waals surface area contributed by atoms with Crippen LogP contribution in [0.15, 0.2) is 30.5 Å². The van der Waals surface area contributed by atoms with Crippen molar-refractivity contribution in [1.29, 1.82) is 0 Å². The first-order valence-corrected chi connectivity index (χ1v) is 7.54. The van der Waals surface area contributed by atoms with Gasteiger partial charge in [0.25, 0.3) is 0 Å². The third-order valence-corrected chi connectivity index (χ3v) is 4.14. The van der Waals surface area contributed by atoms with Crippen molar-refractivity contribution in [1.82, 2.24) is 4.98 Å². The van der Waals surface area contributed by atoms with Gasteiger partial charge in [-0.15, -0.1) is 0 Å². The Balaban J connectivity index is 1.85. The number of rotatable bonds is 3. The monoisotopic (exact) mass is 300 g/mol. The van der Waals surface area contributed by atoms with Crippen molar-refractivity contribution in [2.24, 2.45) is 0 Å². The molecule has 5 nitrogen and oxygen atoms in total. The van der Waals surface area contributed by atoms with Crippen LogP contribution in [0.1, 0.15) is 18.4 Å². The minimum atomic E-state index is -0.242. The van der Waals surface area contributed by atoms with Gasteiger partial charge in [0.05, 0.1) is 37.0 Å². The summed E-state index contributed by atoms with van der Waals surface area (Å²) in [6.45, 7) is 1.69. The number of fused-ring (bicyclic) bond motifs is 1. The molecule has 1 aromatic carbocycles. The number of aromatic nitrogens is 1. The fraction of sp³-hybridized carbons (Fsp3) is 0.412. The Labute approximate surface area is 129 Å². The Bertz CT molecular complexity index is 679. The molecule has 1 N–H and O–H groups in total. The molecule has 0 saturated carbocycles. The fourth-order valence-electron chi connectivity index (χ4n) is 2.82. The Kier molecular flexibility index (Phi) is 4.24. The molecule has 2 heterocycles. The Morgan fingerprint density at radius 1 is 1.36 bits per heavy atom. The van der Waals surface area contributed by atoms with Crippen LogP contribution < -0.4 is 4.90 Å². The number of nitrogens with zero attached hydrogens (tertiary/aromatic N) is 2. The van der Waals surface area contributed by atoms with Gasteiger partial charge < -0.3 is 14.7 Å². The van der Waals surface area contributed by atoms with Gasteiger partial charge >= 0.3 is 5.97 Å². The van der Waals surface area contributed by atoms with E-state index in [0.29, 0.717) is 0 Å². The summed E-state index contributed by atoms with van der Waals surface area (Å²) in [7, 11) is 1.40. The third-order valence-electron chi connectivity index (χ3n) is 4.14. The van der Waals surface area contributed by atoms with Gasteiger partial charge in [-0.1, -0.05) is 6.07 Å². The summed E-state index contributed by atoms with van der Waals surface area (Å²) in [5, 5.41) is 10.6. The van der Waals surface area contributed by atoms with E-state index in [9.17, 15) is 9.90 Å². The second-order valence-electron chi connectivity index (χ2n) is 5.69. The maximum absolute atomic E-state index is 11.4. The van der Waals surface area contributed by atoms with Crippen LogP contribution in [0.4, 0.5) is 5.69 Å². The molecular weight excluding hydrogens is 280 g/mol. The number of aliphatic hydroxyl groups excluding tert-OH is 1. The first kappa shape index (κ1) is 14.8. The Morgan fingerprint density at radius 3 is 2.86 bits per heavy atom. The summed E-state index contributed by atoms with van der Waals surface area (Å²) >= 11 is 0. The van der Waals surface area contributed by atoms with Crippen LogP contribution in [0.3, 0.4) is 0 Å². The van der Waals surface area contributed by atoms with Gasteiger partial charge in [0.2, 0.25) is 0 Å². The Morgan fingerprint density at radius 2 is 2.14 bits per heavy atom. The van der Waals surface area contributed by atoms with Crippen LogP contribution in [-0.4, -0.2) is 42.4 Å². The Hall–Kier alpha value is -2.14. The molecule has 116 valence electrons. The standard InChI is InChI=1S/C17H20N2O3/c1-22-17(21)9-12-2-3-16-13(8-12)10-14(11-18-16)19-6-4-15(20)5-7-19/h2-3,8,10-11,15,20H,4-7,9H2,1H3. The average Bonchev–Trinajstić information content (AvgIpc) is 2.54. The lowest BCUT2D eigenvalue weighted by molar-refractivity contribution is -0.139. The van der Waals surface area contributed by atoms with E-state index in [0.717, 1.165) is 48.1 Å². The highest BCUT2D eigenvalue weighted by Crippen LogP contribution is 2.24. The minimum absolute atomic E-state index is 0.184. The summed E-state index contributed by atoms with van der Waals surface area (Å²) < 4.78 is 4.71. The van der Waals surface area contributed by atoms with Crippen molar-refractivity contribution in [2.45, 2.75) is 25.4 Å². The molecular formula is C17H20N2O3. The number of ether oxygens (including phenoxy) is 1. The van der Waals surface area contributed by atoms with E-state index in [2.05, 4.69) is 16.0 Å². The number of anilines is 1. The molecule has 0 bridgehead atoms. The minimum Gasteiger partial charge on any atom is -0.469 e. The molecule has 2 aromatic rings. The first-order valence-electron chi connectivity index (χ1n) is 7.54. The maximum atomic E-state index is 11.4. The van der Waals surface area contributed by atoms with Crippen LogP contribution in [0, 0.1) is 0 Å². The normalized spacial score (nSPS) is 16.0. The SMILES string of the molecule is COC(=O)Cc1ccc2ncc(N3CCC(O)CC3)cc2c1. The highest BCUT2D eigenvalue weighted by Gasteiger charge is 2.17. The number of hydrogen-bond acceptors (Lipinski definition) is 5. The quantitative estimate of drug-likeness (QED) is 0.877. The molecule has 5 heteroatoms. The van der Waals surface area contributed by atoms with Crippen LogP contribution in [0.5, 0.6) is 0 Å². The number of pyridine rings is 1. The largest absolute Gasteiger partial charge is 0.469 e. The highest BCUT2D eigenvalue weighted by atomic mass is 16.5. The predicted molar refractivity (Wildman–Crippen MR) is 84.9 cm³/mol. The smallest absolute Gasteiger partial charge is 0.309 e. The van der Waals surface area contributed by atoms with Crippen molar-refractivity contribution in [3.05, 3.63) is 36.0 Å². The molecule has 0 radical (unpaired) electrons. The van der Waals surface area contributed by atoms with Crippen molar-refractivity contribution >= 4 is 22.6 Å². The molecule has 0 atom stereocenters. The van der Waals surface area contributed by atoms with E-state index in [-0.39, 0.29) is 18.5 Å². The van der Waals surface area contributed by atoms with Crippen LogP contribution in [0.2, 0.25) is 0 Å². The maximum Gasteiger partial charge on any atom is 0.309 e. The van der Waals surface area contributed by atoms with Gasteiger partial charge in [-0.2, -0.15) is 0 Å². The summed E-state index contributed by atoms with van der Waals surface area (Å²) in [4.78, 5) is 18.1. The molecule has 22 heavy (non-hydrogen) atoms. The van der Waals surface area contributed by atoms with Crippen molar-refractivity contribution < 1.29 is 14.6 Å². The van der Waals surface area contributed by atoms with Gasteiger partial charge in [-0.05, 0) is 36.6 Å². The number of hydrogen-bond donors (Lipinski definition) is 1. The second kappa shape index (κ2) is 6.32. The van der Waals surface area contributed by atoms with E-state index in [1.54, 1.807) is 0 Å². The summed E-state index contributed by atoms with van der Waals surface area (Å²) in [5.41, 5.74) is 2.90. The lowest BCUT2D eigenvalue weighted by Crippen LogP contribution is -2.35. The topological polar surface area (TPSA) is 62.7 Å². The average molecular weight is 300 g/mol. The van der Waals surface area contributed by atoms with E-state index in [1.165, 1.54) is 7.11 Å². The zero-order valence-electron chi connectivity index (χ0n) is 12.7. The van der Waals surface area contributed by atoms with Gasteiger partial charge in [0, 0.05) is 18.5 Å². The van der Waals surface area contributed by atoms with E-state index in [4.69, 9.17) is 4.74 Å². The number of carbonyl (C=O) groups excluding carboxylic acids is 1. The number of esters is 1. The lowest BCUT2D eigenvalue weighted by atomic mass is 10.1. The highest BCUT2D eigenvalue weighted by molar-refractivity contribution is 5.84. The number of aliphatic hydroxyl groups is 1. The fourth-order valence-corrected chi connectivity index (χ4v) is 2.82. The van der Waals surface area contributed by atoms with Crippen molar-refractivity contribution in [3.8, 4) is 0 Å². The van der Waals surface area contributed by atoms with E-state index < -0.39 is 0 Å². The molecule has 0 aliphatic carbocycles. The molecule has 0 amide bonds. The summed E-state index contributed by atoms with van der Waals surface area (Å²) in [6, 6.07) is 7.92. The molecule has 1 aliphatic heterocycles. The molecule has 1 aromatic heterocycles. The van der Waals surface area contributed by atoms with Crippen LogP contribution in [0.25, 0.3) is 10.9 Å². The predicted octanol–water partition coefficient (Wildman–Crippen LogP) is 1.91. The van der Waals surface area contributed by atoms with Crippen LogP contribution in [-0.2, 0) is 16.0 Å². The van der Waals surface area contributed by atoms with Crippen LogP contribution >= 0.6 is 0 Å². The molecule has 1 aliphatic rings. The van der Waals surface area contributed by atoms with Crippen molar-refractivity contribution in [3.63, 3.8) is 0 Å². The van der Waals surface area contributed by atoms with Gasteiger partial charge in [0.15, 0.2) is 0 Å². The number of piperidine rings is 1. The molecule has 1 saturated heterocycles. The zero-order chi connectivity index (χ0) is 15.5. The lowest BCUT2D eigenvalue weighted by Gasteiger charge is -2.31. The van der Waals surface area contributed by atoms with Gasteiger partial charge in [-0.25, -0.2) is 0 Å².